The van der Waals surface area contributed by atoms with E-state index in [-0.39, 0.29) is 51.0 Å². The number of hydrogen-bond acceptors (Lipinski definition) is 0. The van der Waals surface area contributed by atoms with Crippen LogP contribution in [0.3, 0.4) is 0 Å². The van der Waals surface area contributed by atoms with Gasteiger partial charge in [0.1, 0.15) is 0 Å². The number of rotatable bonds is 2. The summed E-state index contributed by atoms with van der Waals surface area (Å²) in [5.41, 5.74) is 4.25. The predicted octanol–water partition coefficient (Wildman–Crippen LogP) is 2.01. The Balaban J connectivity index is 0. The van der Waals surface area contributed by atoms with Crippen LogP contribution >= 0.6 is 0 Å². The first-order chi connectivity index (χ1) is 13.0. The molecule has 3 aromatic rings. The smallest absolute Gasteiger partial charge is 1.00 e. The third-order valence-electron chi connectivity index (χ3n) is 5.26. The standard InChI is InChI=1S/C13H9.C9H13.C4H10Ge.2ClH.Zr/c1-3-7-12-10(5-1)9-11-6-2-4-8-13(11)12;1-6-5-7(2)9(4)8(6)3;1-3-5-4-2;;;/h1-9H;6H,1-4H3;3-4H2,1-2H3;2*1H;/q2*-1;;;;+4/p-2. The van der Waals surface area contributed by atoms with Gasteiger partial charge in [0.05, 0.1) is 0 Å². The second-order valence-electron chi connectivity index (χ2n) is 7.07. The van der Waals surface area contributed by atoms with Gasteiger partial charge in [0.2, 0.25) is 0 Å². The van der Waals surface area contributed by atoms with Crippen LogP contribution in [0, 0.1) is 12.0 Å². The van der Waals surface area contributed by atoms with E-state index in [9.17, 15) is 0 Å². The molecule has 1 aliphatic rings. The Morgan fingerprint density at radius 3 is 1.53 bits per heavy atom. The van der Waals surface area contributed by atoms with Gasteiger partial charge in [0.25, 0.3) is 0 Å². The quantitative estimate of drug-likeness (QED) is 0.322. The molecule has 0 N–H and O–H groups in total. The Morgan fingerprint density at radius 1 is 0.833 bits per heavy atom. The topological polar surface area (TPSA) is 0 Å². The molecule has 1 atom stereocenters. The monoisotopic (exact) mass is 578 g/mol. The number of benzene rings is 2. The molecule has 0 aliphatic heterocycles. The first-order valence-corrected chi connectivity index (χ1v) is 13.0. The molecule has 158 valence electrons. The molecule has 1 aliphatic carbocycles. The maximum Gasteiger partial charge on any atom is 4.00 e. The van der Waals surface area contributed by atoms with Crippen LogP contribution in [0.2, 0.25) is 10.5 Å². The molecule has 0 saturated carbocycles. The maximum atomic E-state index is 3.36. The summed E-state index contributed by atoms with van der Waals surface area (Å²) in [4.78, 5) is 0. The summed E-state index contributed by atoms with van der Waals surface area (Å²) in [6, 6.07) is 19.3. The molecule has 3 aromatic carbocycles. The Morgan fingerprint density at radius 2 is 1.27 bits per heavy atom. The van der Waals surface area contributed by atoms with E-state index in [0.717, 1.165) is 0 Å². The zero-order chi connectivity index (χ0) is 19.8. The average Bonchev–Trinajstić information content (AvgIpc) is 3.16. The van der Waals surface area contributed by atoms with Crippen molar-refractivity contribution in [2.45, 2.75) is 52.0 Å². The number of fused-ring (bicyclic) bond motifs is 3. The molecular formula is C26H32Cl2GeZr. The molecule has 2 radical (unpaired) electrons. The predicted molar refractivity (Wildman–Crippen MR) is 124 cm³/mol. The van der Waals surface area contributed by atoms with E-state index in [4.69, 9.17) is 0 Å². The fourth-order valence-electron chi connectivity index (χ4n) is 3.32. The molecule has 0 saturated heterocycles. The van der Waals surface area contributed by atoms with Crippen LogP contribution in [-0.4, -0.2) is 15.4 Å². The van der Waals surface area contributed by atoms with E-state index in [1.165, 1.54) is 48.8 Å². The number of halogens is 2. The second-order valence-corrected chi connectivity index (χ2v) is 11.1. The van der Waals surface area contributed by atoms with Crippen LogP contribution in [0.5, 0.6) is 0 Å². The van der Waals surface area contributed by atoms with Gasteiger partial charge in [-0.15, -0.1) is 46.7 Å². The van der Waals surface area contributed by atoms with Crippen LogP contribution in [-0.2, 0) is 26.2 Å². The van der Waals surface area contributed by atoms with E-state index < -0.39 is 0 Å². The molecule has 0 amide bonds. The minimum atomic E-state index is 0. The van der Waals surface area contributed by atoms with Crippen molar-refractivity contribution in [3.63, 3.8) is 0 Å². The fraction of sp³-hybridized carbons (Fsp3) is 0.346. The second kappa shape index (κ2) is 16.4. The van der Waals surface area contributed by atoms with Crippen molar-refractivity contribution in [1.29, 1.82) is 0 Å². The maximum absolute atomic E-state index is 3.36. The van der Waals surface area contributed by atoms with E-state index in [0.29, 0.717) is 21.3 Å². The van der Waals surface area contributed by atoms with Crippen molar-refractivity contribution < 1.29 is 51.0 Å². The van der Waals surface area contributed by atoms with Crippen molar-refractivity contribution in [1.82, 2.24) is 0 Å². The molecular weight excluding hydrogens is 547 g/mol. The molecule has 30 heavy (non-hydrogen) atoms. The molecule has 0 aromatic heterocycles. The Kier molecular flexibility index (Phi) is 17.5. The summed E-state index contributed by atoms with van der Waals surface area (Å²) in [6.07, 6.45) is 3.36. The van der Waals surface area contributed by atoms with Crippen molar-refractivity contribution >= 4 is 37.0 Å². The molecule has 0 heterocycles. The molecule has 4 rings (SSSR count). The van der Waals surface area contributed by atoms with Gasteiger partial charge in [0, 0.05) is 0 Å². The Hall–Kier alpha value is -0.204. The minimum Gasteiger partial charge on any atom is -1.00 e. The van der Waals surface area contributed by atoms with Crippen molar-refractivity contribution in [3.8, 4) is 0 Å². The number of allylic oxidation sites excluding steroid dienone is 4. The van der Waals surface area contributed by atoms with Gasteiger partial charge in [-0.05, 0) is 0 Å². The zero-order valence-corrected chi connectivity index (χ0v) is 25.0. The molecule has 0 fully saturated rings. The minimum absolute atomic E-state index is 0. The van der Waals surface area contributed by atoms with Crippen LogP contribution in [0.1, 0.15) is 41.5 Å². The third kappa shape index (κ3) is 8.74. The largest absolute Gasteiger partial charge is 4.00 e. The molecule has 0 bridgehead atoms. The summed E-state index contributed by atoms with van der Waals surface area (Å²) in [5.74, 6) is 0.560. The van der Waals surface area contributed by atoms with Crippen LogP contribution < -0.4 is 24.8 Å². The molecule has 1 unspecified atom stereocenters. The fourth-order valence-corrected chi connectivity index (χ4v) is 4.36. The first-order valence-electron chi connectivity index (χ1n) is 10.0. The van der Waals surface area contributed by atoms with E-state index in [1.54, 1.807) is 0 Å². The van der Waals surface area contributed by atoms with E-state index in [1.807, 2.05) is 0 Å². The average molecular weight is 579 g/mol. The zero-order valence-electron chi connectivity index (χ0n) is 18.9. The Labute approximate surface area is 221 Å². The Bertz CT molecular complexity index is 888. The summed E-state index contributed by atoms with van der Waals surface area (Å²) < 4.78 is 0. The summed E-state index contributed by atoms with van der Waals surface area (Å²) in [5, 5.41) is 8.33. The van der Waals surface area contributed by atoms with Crippen LogP contribution in [0.25, 0.3) is 21.5 Å². The van der Waals surface area contributed by atoms with Crippen molar-refractivity contribution in [2.24, 2.45) is 5.92 Å². The van der Waals surface area contributed by atoms with Crippen molar-refractivity contribution in [2.75, 3.05) is 0 Å². The van der Waals surface area contributed by atoms with E-state index >= 15 is 0 Å². The van der Waals surface area contributed by atoms with Gasteiger partial charge in [-0.1, -0.05) is 63.1 Å². The molecule has 0 spiro atoms. The summed E-state index contributed by atoms with van der Waals surface area (Å²) in [6.45, 7) is 13.2. The van der Waals surface area contributed by atoms with Gasteiger partial charge in [-0.25, -0.2) is 5.57 Å². The normalized spacial score (nSPS) is 14.3. The van der Waals surface area contributed by atoms with Gasteiger partial charge < -0.3 is 24.8 Å². The van der Waals surface area contributed by atoms with Gasteiger partial charge in [-0.3, -0.25) is 6.08 Å². The molecule has 4 heteroatoms. The number of hydrogen-bond donors (Lipinski definition) is 0. The summed E-state index contributed by atoms with van der Waals surface area (Å²) in [7, 11) is 0. The van der Waals surface area contributed by atoms with Gasteiger partial charge in [0.15, 0.2) is 0 Å². The first kappa shape index (κ1) is 32.0. The van der Waals surface area contributed by atoms with Gasteiger partial charge >= 0.3 is 66.0 Å². The van der Waals surface area contributed by atoms with Crippen LogP contribution in [0.15, 0.2) is 71.3 Å². The summed E-state index contributed by atoms with van der Waals surface area (Å²) >= 11 is 0.528. The van der Waals surface area contributed by atoms with Crippen LogP contribution in [0.4, 0.5) is 0 Å². The van der Waals surface area contributed by atoms with Crippen molar-refractivity contribution in [3.05, 3.63) is 77.4 Å². The van der Waals surface area contributed by atoms with Gasteiger partial charge in [-0.2, -0.15) is 11.1 Å². The van der Waals surface area contributed by atoms with E-state index in [2.05, 4.69) is 102 Å². The molecule has 0 nitrogen and oxygen atoms in total. The third-order valence-corrected chi connectivity index (χ3v) is 7.36. The SMILES string of the molecule is CC1=[C-]C(C)C(C)=C1C.C[CH2][Ge][CH2]C.[Cl-].[Cl-].[Zr+4].c1ccc2c(c1)[cH-]c1ccccc12.